The molecule has 0 fully saturated rings. The average molecular weight is 481 g/mol. The van der Waals surface area contributed by atoms with Gasteiger partial charge in [0.05, 0.1) is 23.7 Å². The highest BCUT2D eigenvalue weighted by Crippen LogP contribution is 2.36. The van der Waals surface area contributed by atoms with Crippen LogP contribution in [0.15, 0.2) is 71.6 Å². The van der Waals surface area contributed by atoms with Crippen molar-refractivity contribution in [3.05, 3.63) is 83.4 Å². The second-order valence-electron chi connectivity index (χ2n) is 8.26. The van der Waals surface area contributed by atoms with Gasteiger partial charge in [0, 0.05) is 0 Å². The normalized spacial score (nSPS) is 15.3. The van der Waals surface area contributed by atoms with Gasteiger partial charge in [0.2, 0.25) is 0 Å². The number of carbonyl (C=O) groups is 1. The van der Waals surface area contributed by atoms with Crippen LogP contribution in [-0.2, 0) is 14.8 Å². The summed E-state index contributed by atoms with van der Waals surface area (Å²) in [7, 11) is -3.88. The summed E-state index contributed by atoms with van der Waals surface area (Å²) in [4.78, 5) is 13.0. The van der Waals surface area contributed by atoms with Crippen LogP contribution >= 0.6 is 0 Å². The molecule has 1 atom stereocenters. The molecule has 8 heteroatoms. The van der Waals surface area contributed by atoms with Crippen molar-refractivity contribution in [2.45, 2.75) is 31.8 Å². The number of anilines is 1. The minimum atomic E-state index is -3.88. The predicted octanol–water partition coefficient (Wildman–Crippen LogP) is 3.76. The molecule has 0 bridgehead atoms. The summed E-state index contributed by atoms with van der Waals surface area (Å²) in [5.74, 6) is 0.715. The van der Waals surface area contributed by atoms with Crippen LogP contribution < -0.4 is 19.1 Å². The van der Waals surface area contributed by atoms with Crippen molar-refractivity contribution in [3.8, 4) is 11.5 Å². The van der Waals surface area contributed by atoms with E-state index in [0.29, 0.717) is 11.4 Å². The molecule has 3 aromatic carbocycles. The number of para-hydroxylation sites is 2. The van der Waals surface area contributed by atoms with Crippen molar-refractivity contribution in [1.29, 1.82) is 0 Å². The summed E-state index contributed by atoms with van der Waals surface area (Å²) >= 11 is 0. The number of nitrogens with one attached hydrogen (secondary N) is 1. The van der Waals surface area contributed by atoms with Crippen LogP contribution in [0.5, 0.6) is 11.5 Å². The lowest BCUT2D eigenvalue weighted by atomic mass is 10.1. The highest BCUT2D eigenvalue weighted by molar-refractivity contribution is 7.92. The van der Waals surface area contributed by atoms with E-state index in [4.69, 9.17) is 9.47 Å². The first kappa shape index (κ1) is 23.6. The molecule has 3 aromatic rings. The Morgan fingerprint density at radius 2 is 1.76 bits per heavy atom. The maximum Gasteiger partial charge on any atom is 0.264 e. The molecule has 0 aliphatic carbocycles. The molecule has 0 unspecified atom stereocenters. The van der Waals surface area contributed by atoms with Gasteiger partial charge < -0.3 is 14.8 Å². The lowest BCUT2D eigenvalue weighted by molar-refractivity contribution is -0.127. The van der Waals surface area contributed by atoms with Gasteiger partial charge in [-0.25, -0.2) is 8.42 Å². The fourth-order valence-corrected chi connectivity index (χ4v) is 5.21. The first-order chi connectivity index (χ1) is 16.3. The topological polar surface area (TPSA) is 84.9 Å². The van der Waals surface area contributed by atoms with Crippen LogP contribution in [0.25, 0.3) is 0 Å². The van der Waals surface area contributed by atoms with Crippen LogP contribution in [0.1, 0.15) is 16.7 Å². The molecule has 0 spiro atoms. The number of ether oxygens (including phenoxy) is 2. The lowest BCUT2D eigenvalue weighted by Crippen LogP contribution is -2.51. The van der Waals surface area contributed by atoms with Gasteiger partial charge in [-0.05, 0) is 62.2 Å². The number of carbonyl (C=O) groups excluding carboxylic acids is 1. The van der Waals surface area contributed by atoms with Crippen molar-refractivity contribution >= 4 is 21.6 Å². The molecule has 178 valence electrons. The molecule has 1 amide bonds. The Labute approximate surface area is 200 Å². The Bertz CT molecular complexity index is 1290. The number of sulfonamides is 1. The van der Waals surface area contributed by atoms with E-state index >= 15 is 0 Å². The Kier molecular flexibility index (Phi) is 6.79. The largest absolute Gasteiger partial charge is 0.491 e. The minimum Gasteiger partial charge on any atom is -0.491 e. The van der Waals surface area contributed by atoms with E-state index in [2.05, 4.69) is 5.32 Å². The molecular formula is C26H28N2O5S. The van der Waals surface area contributed by atoms with Gasteiger partial charge in [0.15, 0.2) is 6.10 Å². The fraction of sp³-hybridized carbons (Fsp3) is 0.269. The van der Waals surface area contributed by atoms with Gasteiger partial charge in [-0.15, -0.1) is 0 Å². The third-order valence-corrected chi connectivity index (χ3v) is 7.64. The van der Waals surface area contributed by atoms with Gasteiger partial charge in [-0.3, -0.25) is 9.10 Å². The van der Waals surface area contributed by atoms with Gasteiger partial charge in [0.1, 0.15) is 18.1 Å². The predicted molar refractivity (Wildman–Crippen MR) is 131 cm³/mol. The Morgan fingerprint density at radius 1 is 1.03 bits per heavy atom. The Morgan fingerprint density at radius 3 is 2.53 bits per heavy atom. The summed E-state index contributed by atoms with van der Waals surface area (Å²) in [6, 6.07) is 19.3. The number of hydrogen-bond donors (Lipinski definition) is 1. The molecule has 34 heavy (non-hydrogen) atoms. The van der Waals surface area contributed by atoms with Gasteiger partial charge >= 0.3 is 0 Å². The van der Waals surface area contributed by atoms with Gasteiger partial charge in [-0.1, -0.05) is 42.0 Å². The maximum absolute atomic E-state index is 13.4. The zero-order valence-electron chi connectivity index (χ0n) is 19.4. The van der Waals surface area contributed by atoms with Gasteiger partial charge in [0.25, 0.3) is 15.9 Å². The molecule has 1 aliphatic rings. The third kappa shape index (κ3) is 4.87. The number of rotatable bonds is 7. The van der Waals surface area contributed by atoms with E-state index in [9.17, 15) is 13.2 Å². The van der Waals surface area contributed by atoms with Crippen molar-refractivity contribution < 1.29 is 22.7 Å². The summed E-state index contributed by atoms with van der Waals surface area (Å²) in [6.45, 7) is 6.31. The number of fused-ring (bicyclic) bond motifs is 1. The SMILES string of the molecule is Cc1ccc(S(=O)(=O)N2C[C@@H](C(=O)NCCOc3cccc(C)c3C)Oc3ccccc32)cc1. The monoisotopic (exact) mass is 480 g/mol. The van der Waals surface area contributed by atoms with E-state index in [1.165, 1.54) is 4.31 Å². The van der Waals surface area contributed by atoms with Crippen molar-refractivity contribution in [1.82, 2.24) is 5.32 Å². The number of hydrogen-bond acceptors (Lipinski definition) is 5. The molecule has 0 radical (unpaired) electrons. The summed E-state index contributed by atoms with van der Waals surface area (Å²) < 4.78 is 39.8. The minimum absolute atomic E-state index is 0.128. The second kappa shape index (κ2) is 9.77. The number of benzene rings is 3. The maximum atomic E-state index is 13.4. The molecule has 0 aromatic heterocycles. The smallest absolute Gasteiger partial charge is 0.264 e. The summed E-state index contributed by atoms with van der Waals surface area (Å²) in [5.41, 5.74) is 3.55. The number of aryl methyl sites for hydroxylation is 2. The molecule has 1 aliphatic heterocycles. The molecule has 7 nitrogen and oxygen atoms in total. The van der Waals surface area contributed by atoms with E-state index in [1.807, 2.05) is 39.0 Å². The molecule has 0 saturated carbocycles. The Hall–Kier alpha value is -3.52. The van der Waals surface area contributed by atoms with Crippen LogP contribution in [0, 0.1) is 20.8 Å². The lowest BCUT2D eigenvalue weighted by Gasteiger charge is -2.34. The van der Waals surface area contributed by atoms with Crippen molar-refractivity contribution in [3.63, 3.8) is 0 Å². The fourth-order valence-electron chi connectivity index (χ4n) is 3.73. The van der Waals surface area contributed by atoms with Crippen LogP contribution in [-0.4, -0.2) is 40.1 Å². The van der Waals surface area contributed by atoms with E-state index in [-0.39, 0.29) is 24.6 Å². The molecule has 1 N–H and O–H groups in total. The zero-order chi connectivity index (χ0) is 24.3. The first-order valence-corrected chi connectivity index (χ1v) is 12.5. The zero-order valence-corrected chi connectivity index (χ0v) is 20.3. The average Bonchev–Trinajstić information content (AvgIpc) is 2.83. The quantitative estimate of drug-likeness (QED) is 0.521. The van der Waals surface area contributed by atoms with Crippen LogP contribution in [0.4, 0.5) is 5.69 Å². The molecule has 4 rings (SSSR count). The highest BCUT2D eigenvalue weighted by atomic mass is 32.2. The molecule has 0 saturated heterocycles. The van der Waals surface area contributed by atoms with Gasteiger partial charge in [-0.2, -0.15) is 0 Å². The van der Waals surface area contributed by atoms with E-state index < -0.39 is 22.0 Å². The summed E-state index contributed by atoms with van der Waals surface area (Å²) in [5, 5.41) is 2.80. The molecule has 1 heterocycles. The highest BCUT2D eigenvalue weighted by Gasteiger charge is 2.37. The van der Waals surface area contributed by atoms with Crippen molar-refractivity contribution in [2.75, 3.05) is 24.0 Å². The van der Waals surface area contributed by atoms with Crippen LogP contribution in [0.2, 0.25) is 0 Å². The standard InChI is InChI=1S/C26H28N2O5S/c1-18-11-13-21(14-12-18)34(30,31)28-17-25(33-24-9-5-4-8-22(24)28)26(29)27-15-16-32-23-10-6-7-19(2)20(23)3/h4-14,25H,15-17H2,1-3H3,(H,27,29)/t25-/m0/s1. The summed E-state index contributed by atoms with van der Waals surface area (Å²) in [6.07, 6.45) is -0.990. The van der Waals surface area contributed by atoms with Crippen molar-refractivity contribution in [2.24, 2.45) is 0 Å². The van der Waals surface area contributed by atoms with E-state index in [0.717, 1.165) is 22.4 Å². The second-order valence-corrected chi connectivity index (χ2v) is 10.1. The Balaban J connectivity index is 1.46. The number of amides is 1. The van der Waals surface area contributed by atoms with Crippen LogP contribution in [0.3, 0.4) is 0 Å². The third-order valence-electron chi connectivity index (χ3n) is 5.85. The first-order valence-electron chi connectivity index (χ1n) is 11.1. The number of nitrogens with zero attached hydrogens (tertiary/aromatic N) is 1. The molecular weight excluding hydrogens is 452 g/mol. The van der Waals surface area contributed by atoms with E-state index in [1.54, 1.807) is 48.5 Å².